The average molecular weight is 307 g/mol. The fourth-order valence-electron chi connectivity index (χ4n) is 1.68. The Labute approximate surface area is 122 Å². The molecule has 1 aromatic heterocycles. The molecule has 1 aromatic carbocycles. The molecule has 0 radical (unpaired) electrons. The first kappa shape index (κ1) is 14.7. The lowest BCUT2D eigenvalue weighted by Gasteiger charge is -2.16. The number of sulfonamides is 1. The monoisotopic (exact) mass is 307 g/mol. The SMILES string of the molecule is CN(Cc1cscn1)S(=O)(=O)c1ccc(CC#N)cc1. The Kier molecular flexibility index (Phi) is 4.49. The number of hydrogen-bond acceptors (Lipinski definition) is 5. The molecule has 0 aliphatic heterocycles. The van der Waals surface area contributed by atoms with Crippen molar-refractivity contribution < 1.29 is 8.42 Å². The standard InChI is InChI=1S/C13H13N3O2S2/c1-16(8-12-9-19-10-15-12)20(17,18)13-4-2-11(3-5-13)6-7-14/h2-5,9-10H,6,8H2,1H3. The molecule has 0 atom stereocenters. The van der Waals surface area contributed by atoms with Crippen LogP contribution in [0.4, 0.5) is 0 Å². The van der Waals surface area contributed by atoms with E-state index < -0.39 is 10.0 Å². The van der Waals surface area contributed by atoms with Crippen molar-refractivity contribution in [3.05, 3.63) is 46.4 Å². The van der Waals surface area contributed by atoms with Gasteiger partial charge in [0.15, 0.2) is 0 Å². The fourth-order valence-corrected chi connectivity index (χ4v) is 3.37. The second-order valence-corrected chi connectivity index (χ2v) is 6.98. The summed E-state index contributed by atoms with van der Waals surface area (Å²) in [5.74, 6) is 0. The largest absolute Gasteiger partial charge is 0.248 e. The van der Waals surface area contributed by atoms with E-state index >= 15 is 0 Å². The minimum Gasteiger partial charge on any atom is -0.248 e. The number of benzene rings is 1. The molecule has 0 N–H and O–H groups in total. The van der Waals surface area contributed by atoms with E-state index in [2.05, 4.69) is 4.98 Å². The highest BCUT2D eigenvalue weighted by molar-refractivity contribution is 7.89. The van der Waals surface area contributed by atoms with Gasteiger partial charge in [-0.1, -0.05) is 12.1 Å². The van der Waals surface area contributed by atoms with Gasteiger partial charge >= 0.3 is 0 Å². The number of aromatic nitrogens is 1. The van der Waals surface area contributed by atoms with E-state index in [9.17, 15) is 8.42 Å². The Morgan fingerprint density at radius 3 is 2.60 bits per heavy atom. The number of hydrogen-bond donors (Lipinski definition) is 0. The smallest absolute Gasteiger partial charge is 0.243 e. The van der Waals surface area contributed by atoms with Gasteiger partial charge in [0, 0.05) is 12.4 Å². The van der Waals surface area contributed by atoms with Crippen molar-refractivity contribution in [3.8, 4) is 6.07 Å². The molecule has 5 nitrogen and oxygen atoms in total. The van der Waals surface area contributed by atoms with Crippen molar-refractivity contribution in [2.45, 2.75) is 17.9 Å². The van der Waals surface area contributed by atoms with E-state index in [-0.39, 0.29) is 17.9 Å². The van der Waals surface area contributed by atoms with Gasteiger partial charge in [0.05, 0.1) is 35.1 Å². The summed E-state index contributed by atoms with van der Waals surface area (Å²) in [6, 6.07) is 8.40. The zero-order chi connectivity index (χ0) is 14.6. The zero-order valence-corrected chi connectivity index (χ0v) is 12.5. The van der Waals surface area contributed by atoms with Gasteiger partial charge in [0.1, 0.15) is 0 Å². The van der Waals surface area contributed by atoms with E-state index in [1.54, 1.807) is 17.6 Å². The lowest BCUT2D eigenvalue weighted by molar-refractivity contribution is 0.463. The zero-order valence-electron chi connectivity index (χ0n) is 10.9. The van der Waals surface area contributed by atoms with E-state index in [1.807, 2.05) is 11.4 Å². The fraction of sp³-hybridized carbons (Fsp3) is 0.231. The van der Waals surface area contributed by atoms with Crippen LogP contribution in [-0.4, -0.2) is 24.8 Å². The van der Waals surface area contributed by atoms with Crippen molar-refractivity contribution in [2.24, 2.45) is 0 Å². The molecule has 0 saturated carbocycles. The molecule has 104 valence electrons. The minimum atomic E-state index is -3.53. The number of rotatable bonds is 5. The van der Waals surface area contributed by atoms with Crippen LogP contribution >= 0.6 is 11.3 Å². The highest BCUT2D eigenvalue weighted by atomic mass is 32.2. The van der Waals surface area contributed by atoms with Gasteiger partial charge in [-0.2, -0.15) is 9.57 Å². The van der Waals surface area contributed by atoms with Gasteiger partial charge < -0.3 is 0 Å². The van der Waals surface area contributed by atoms with E-state index in [0.29, 0.717) is 0 Å². The summed E-state index contributed by atoms with van der Waals surface area (Å²) < 4.78 is 26.0. The van der Waals surface area contributed by atoms with Crippen LogP contribution < -0.4 is 0 Å². The molecular formula is C13H13N3O2S2. The molecule has 0 aliphatic rings. The van der Waals surface area contributed by atoms with Gasteiger partial charge in [-0.3, -0.25) is 0 Å². The summed E-state index contributed by atoms with van der Waals surface area (Å²) in [5.41, 5.74) is 3.20. The normalized spacial score (nSPS) is 11.4. The Morgan fingerprint density at radius 1 is 1.35 bits per heavy atom. The van der Waals surface area contributed by atoms with Gasteiger partial charge in [0.2, 0.25) is 10.0 Å². The third-order valence-corrected chi connectivity index (χ3v) is 5.24. The lowest BCUT2D eigenvalue weighted by atomic mass is 10.2. The molecule has 0 amide bonds. The van der Waals surface area contributed by atoms with E-state index in [4.69, 9.17) is 5.26 Å². The average Bonchev–Trinajstić information content (AvgIpc) is 2.92. The summed E-state index contributed by atoms with van der Waals surface area (Å²) in [5, 5.41) is 10.4. The molecule has 0 spiro atoms. The Hall–Kier alpha value is -1.75. The highest BCUT2D eigenvalue weighted by Crippen LogP contribution is 2.17. The van der Waals surface area contributed by atoms with Crippen molar-refractivity contribution in [1.29, 1.82) is 5.26 Å². The van der Waals surface area contributed by atoms with Gasteiger partial charge in [-0.05, 0) is 17.7 Å². The molecule has 0 aliphatic carbocycles. The summed E-state index contributed by atoms with van der Waals surface area (Å²) in [4.78, 5) is 4.30. The molecule has 7 heteroatoms. The van der Waals surface area contributed by atoms with Gasteiger partial charge in [-0.25, -0.2) is 13.4 Å². The van der Waals surface area contributed by atoms with Crippen LogP contribution in [0.3, 0.4) is 0 Å². The predicted molar refractivity (Wildman–Crippen MR) is 76.5 cm³/mol. The maximum absolute atomic E-state index is 12.4. The quantitative estimate of drug-likeness (QED) is 0.847. The third-order valence-electron chi connectivity index (χ3n) is 2.78. The second kappa shape index (κ2) is 6.13. The second-order valence-electron chi connectivity index (χ2n) is 4.22. The minimum absolute atomic E-state index is 0.219. The van der Waals surface area contributed by atoms with Crippen LogP contribution in [0.25, 0.3) is 0 Å². The van der Waals surface area contributed by atoms with E-state index in [0.717, 1.165) is 11.3 Å². The first-order valence-electron chi connectivity index (χ1n) is 5.83. The number of nitrogens with zero attached hydrogens (tertiary/aromatic N) is 3. The number of thiazole rings is 1. The summed E-state index contributed by atoms with van der Waals surface area (Å²) >= 11 is 1.43. The summed E-state index contributed by atoms with van der Waals surface area (Å²) in [6.07, 6.45) is 0.273. The predicted octanol–water partition coefficient (Wildman–Crippen LogP) is 2.03. The first-order valence-corrected chi connectivity index (χ1v) is 8.21. The third kappa shape index (κ3) is 3.22. The van der Waals surface area contributed by atoms with Crippen LogP contribution in [0.2, 0.25) is 0 Å². The molecule has 0 unspecified atom stereocenters. The Morgan fingerprint density at radius 2 is 2.05 bits per heavy atom. The number of nitriles is 1. The van der Waals surface area contributed by atoms with Crippen molar-refractivity contribution in [2.75, 3.05) is 7.05 Å². The molecule has 0 fully saturated rings. The maximum Gasteiger partial charge on any atom is 0.243 e. The topological polar surface area (TPSA) is 74.1 Å². The van der Waals surface area contributed by atoms with Crippen LogP contribution in [0.5, 0.6) is 0 Å². The van der Waals surface area contributed by atoms with Crippen LogP contribution in [0.15, 0.2) is 40.1 Å². The molecule has 1 heterocycles. The lowest BCUT2D eigenvalue weighted by Crippen LogP contribution is -2.26. The maximum atomic E-state index is 12.4. The van der Waals surface area contributed by atoms with Crippen LogP contribution in [0.1, 0.15) is 11.3 Å². The molecule has 2 rings (SSSR count). The van der Waals surface area contributed by atoms with Crippen molar-refractivity contribution >= 4 is 21.4 Å². The van der Waals surface area contributed by atoms with Crippen molar-refractivity contribution in [1.82, 2.24) is 9.29 Å². The van der Waals surface area contributed by atoms with Gasteiger partial charge in [0.25, 0.3) is 0 Å². The molecule has 2 aromatic rings. The molecular weight excluding hydrogens is 294 g/mol. The highest BCUT2D eigenvalue weighted by Gasteiger charge is 2.21. The molecule has 20 heavy (non-hydrogen) atoms. The molecule has 0 bridgehead atoms. The summed E-state index contributed by atoms with van der Waals surface area (Å²) in [6.45, 7) is 0.242. The van der Waals surface area contributed by atoms with Gasteiger partial charge in [-0.15, -0.1) is 11.3 Å². The van der Waals surface area contributed by atoms with Crippen LogP contribution in [-0.2, 0) is 23.0 Å². The Balaban J connectivity index is 2.19. The Bertz CT molecular complexity index is 701. The molecule has 0 saturated heterocycles. The van der Waals surface area contributed by atoms with Crippen molar-refractivity contribution in [3.63, 3.8) is 0 Å². The van der Waals surface area contributed by atoms with Crippen LogP contribution in [0, 0.1) is 11.3 Å². The van der Waals surface area contributed by atoms with E-state index in [1.165, 1.54) is 34.8 Å². The first-order chi connectivity index (χ1) is 9.54. The summed E-state index contributed by atoms with van der Waals surface area (Å²) in [7, 11) is -2.01.